The summed E-state index contributed by atoms with van der Waals surface area (Å²) >= 11 is 8.49. The molecule has 1 aliphatic carbocycles. The molecule has 1 amide bonds. The second-order valence-electron chi connectivity index (χ2n) is 9.11. The van der Waals surface area contributed by atoms with E-state index in [-0.39, 0.29) is 23.3 Å². The average Bonchev–Trinajstić information content (AvgIpc) is 3.40. The highest BCUT2D eigenvalue weighted by Gasteiger charge is 2.41. The minimum absolute atomic E-state index is 0.0165. The van der Waals surface area contributed by atoms with Crippen molar-refractivity contribution in [3.8, 4) is 6.07 Å². The summed E-state index contributed by atoms with van der Waals surface area (Å²) in [4.78, 5) is 27.4. The Hall–Kier alpha value is -3.65. The molecule has 2 heterocycles. The standard InChI is InChI=1S/C28H25ClN6O2S2/c1-2-16-9-11-17(12-10-16)24-20(14-30)26(31)35(21-7-4-8-22(36)25(21)24)27-33-34-28(39-27)38-15-23(37)32-19-6-3-5-18(29)13-19/h3,5-6,9-13,24H,2,4,7-8,15,31H2,1H3,(H,32,37). The molecular formula is C28H25ClN6O2S2. The van der Waals surface area contributed by atoms with Crippen molar-refractivity contribution in [3.05, 3.63) is 87.3 Å². The third kappa shape index (κ3) is 5.57. The minimum Gasteiger partial charge on any atom is -0.384 e. The number of hydrogen-bond donors (Lipinski definition) is 2. The van der Waals surface area contributed by atoms with E-state index < -0.39 is 5.92 Å². The van der Waals surface area contributed by atoms with Crippen LogP contribution in [0.25, 0.3) is 0 Å². The number of thioether (sulfide) groups is 1. The SMILES string of the molecule is CCc1ccc(C2C(C#N)=C(N)N(c3nnc(SCC(=O)Nc4cccc(Cl)c4)s3)C3=C2C(=O)CCC3)cc1. The Morgan fingerprint density at radius 3 is 2.77 bits per heavy atom. The molecule has 5 rings (SSSR count). The first-order chi connectivity index (χ1) is 18.9. The molecule has 2 aromatic carbocycles. The number of allylic oxidation sites excluding steroid dienone is 3. The summed E-state index contributed by atoms with van der Waals surface area (Å²) < 4.78 is 0.569. The molecule has 39 heavy (non-hydrogen) atoms. The van der Waals surface area contributed by atoms with Gasteiger partial charge in [0.25, 0.3) is 0 Å². The van der Waals surface area contributed by atoms with E-state index in [4.69, 9.17) is 17.3 Å². The number of rotatable bonds is 7. The van der Waals surface area contributed by atoms with E-state index >= 15 is 0 Å². The van der Waals surface area contributed by atoms with Gasteiger partial charge in [-0.05, 0) is 48.6 Å². The van der Waals surface area contributed by atoms with Crippen LogP contribution in [-0.2, 0) is 16.0 Å². The summed E-state index contributed by atoms with van der Waals surface area (Å²) in [6.45, 7) is 2.08. The fraction of sp³-hybridized carbons (Fsp3) is 0.250. The molecule has 0 saturated carbocycles. The Labute approximate surface area is 239 Å². The molecule has 2 aliphatic rings. The van der Waals surface area contributed by atoms with Crippen molar-refractivity contribution < 1.29 is 9.59 Å². The summed E-state index contributed by atoms with van der Waals surface area (Å²) in [5.41, 5.74) is 11.0. The molecule has 11 heteroatoms. The van der Waals surface area contributed by atoms with Crippen LogP contribution in [0.4, 0.5) is 10.8 Å². The number of carbonyl (C=O) groups excluding carboxylic acids is 2. The summed E-state index contributed by atoms with van der Waals surface area (Å²) in [6.07, 6.45) is 2.64. The van der Waals surface area contributed by atoms with Crippen LogP contribution >= 0.6 is 34.7 Å². The predicted molar refractivity (Wildman–Crippen MR) is 154 cm³/mol. The lowest BCUT2D eigenvalue weighted by Crippen LogP contribution is -2.38. The number of nitrogens with two attached hydrogens (primary N) is 1. The maximum atomic E-state index is 13.3. The molecule has 1 aromatic heterocycles. The van der Waals surface area contributed by atoms with Crippen molar-refractivity contribution in [1.82, 2.24) is 10.2 Å². The normalized spacial score (nSPS) is 17.2. The highest BCUT2D eigenvalue weighted by molar-refractivity contribution is 8.01. The number of anilines is 2. The number of aryl methyl sites for hydroxylation is 1. The van der Waals surface area contributed by atoms with Crippen LogP contribution in [0.15, 0.2) is 75.5 Å². The molecule has 1 aliphatic heterocycles. The molecule has 0 fully saturated rings. The molecular weight excluding hydrogens is 552 g/mol. The van der Waals surface area contributed by atoms with Gasteiger partial charge in [-0.15, -0.1) is 10.2 Å². The molecule has 198 valence electrons. The molecule has 0 spiro atoms. The highest BCUT2D eigenvalue weighted by atomic mass is 35.5. The number of nitrogens with zero attached hydrogens (tertiary/aromatic N) is 4. The van der Waals surface area contributed by atoms with Gasteiger partial charge < -0.3 is 11.1 Å². The Kier molecular flexibility index (Phi) is 8.02. The Morgan fingerprint density at radius 2 is 2.05 bits per heavy atom. The van der Waals surface area contributed by atoms with Crippen LogP contribution in [0.1, 0.15) is 43.2 Å². The lowest BCUT2D eigenvalue weighted by molar-refractivity contribution is -0.116. The quantitative estimate of drug-likeness (QED) is 0.339. The van der Waals surface area contributed by atoms with Crippen LogP contribution in [0, 0.1) is 11.3 Å². The molecule has 0 radical (unpaired) electrons. The van der Waals surface area contributed by atoms with Crippen molar-refractivity contribution in [1.29, 1.82) is 5.26 Å². The fourth-order valence-electron chi connectivity index (χ4n) is 4.83. The van der Waals surface area contributed by atoms with Gasteiger partial charge in [0.15, 0.2) is 10.1 Å². The van der Waals surface area contributed by atoms with Crippen LogP contribution in [0.5, 0.6) is 0 Å². The molecule has 3 aromatic rings. The number of benzene rings is 2. The monoisotopic (exact) mass is 576 g/mol. The first kappa shape index (κ1) is 26.9. The molecule has 3 N–H and O–H groups in total. The topological polar surface area (TPSA) is 125 Å². The van der Waals surface area contributed by atoms with E-state index in [0.29, 0.717) is 50.6 Å². The van der Waals surface area contributed by atoms with Crippen LogP contribution in [0.2, 0.25) is 5.02 Å². The number of carbonyl (C=O) groups is 2. The van der Waals surface area contributed by atoms with E-state index in [1.165, 1.54) is 28.7 Å². The van der Waals surface area contributed by atoms with Gasteiger partial charge in [0.1, 0.15) is 5.82 Å². The first-order valence-corrected chi connectivity index (χ1v) is 14.6. The smallest absolute Gasteiger partial charge is 0.234 e. The maximum absolute atomic E-state index is 13.3. The van der Waals surface area contributed by atoms with E-state index in [9.17, 15) is 14.9 Å². The summed E-state index contributed by atoms with van der Waals surface area (Å²) in [5, 5.41) is 22.6. The molecule has 8 nitrogen and oxygen atoms in total. The van der Waals surface area contributed by atoms with Crippen molar-refractivity contribution in [2.75, 3.05) is 16.0 Å². The Morgan fingerprint density at radius 1 is 1.26 bits per heavy atom. The zero-order valence-electron chi connectivity index (χ0n) is 21.1. The van der Waals surface area contributed by atoms with Gasteiger partial charge in [-0.1, -0.05) is 72.0 Å². The molecule has 1 unspecified atom stereocenters. The zero-order chi connectivity index (χ0) is 27.5. The van der Waals surface area contributed by atoms with E-state index in [1.54, 1.807) is 29.2 Å². The van der Waals surface area contributed by atoms with E-state index in [0.717, 1.165) is 17.7 Å². The lowest BCUT2D eigenvalue weighted by Gasteiger charge is -2.38. The third-order valence-corrected chi connectivity index (χ3v) is 8.93. The van der Waals surface area contributed by atoms with Gasteiger partial charge in [-0.25, -0.2) is 0 Å². The largest absolute Gasteiger partial charge is 0.384 e. The minimum atomic E-state index is -0.517. The Balaban J connectivity index is 1.42. The van der Waals surface area contributed by atoms with Crippen molar-refractivity contribution in [2.24, 2.45) is 5.73 Å². The number of hydrogen-bond acceptors (Lipinski definition) is 9. The van der Waals surface area contributed by atoms with Crippen molar-refractivity contribution in [2.45, 2.75) is 42.9 Å². The van der Waals surface area contributed by atoms with Crippen molar-refractivity contribution in [3.63, 3.8) is 0 Å². The van der Waals surface area contributed by atoms with Gasteiger partial charge in [0.2, 0.25) is 11.0 Å². The number of amides is 1. The van der Waals surface area contributed by atoms with Gasteiger partial charge in [0.05, 0.1) is 23.3 Å². The Bertz CT molecular complexity index is 1540. The van der Waals surface area contributed by atoms with Crippen LogP contribution in [0.3, 0.4) is 0 Å². The highest BCUT2D eigenvalue weighted by Crippen LogP contribution is 2.47. The molecule has 0 bridgehead atoms. The number of Topliss-reactive ketones (excluding diaryl/α,β-unsaturated/α-hetero) is 1. The van der Waals surface area contributed by atoms with E-state index in [1.807, 2.05) is 24.3 Å². The van der Waals surface area contributed by atoms with Crippen LogP contribution in [-0.4, -0.2) is 27.6 Å². The van der Waals surface area contributed by atoms with Crippen LogP contribution < -0.4 is 16.0 Å². The number of nitriles is 1. The molecule has 0 saturated heterocycles. The third-order valence-electron chi connectivity index (χ3n) is 6.66. The summed E-state index contributed by atoms with van der Waals surface area (Å²) in [5.74, 6) is -0.331. The van der Waals surface area contributed by atoms with Gasteiger partial charge in [-0.2, -0.15) is 5.26 Å². The summed E-state index contributed by atoms with van der Waals surface area (Å²) in [6, 6.07) is 17.2. The average molecular weight is 577 g/mol. The fourth-order valence-corrected chi connectivity index (χ4v) is 6.70. The number of aromatic nitrogens is 2. The first-order valence-electron chi connectivity index (χ1n) is 12.5. The van der Waals surface area contributed by atoms with Crippen molar-refractivity contribution >= 4 is 57.2 Å². The molecule has 1 atom stereocenters. The van der Waals surface area contributed by atoms with Gasteiger partial charge in [0, 0.05) is 28.4 Å². The van der Waals surface area contributed by atoms with E-state index in [2.05, 4.69) is 28.5 Å². The predicted octanol–water partition coefficient (Wildman–Crippen LogP) is 5.79. The second kappa shape index (κ2) is 11.6. The lowest BCUT2D eigenvalue weighted by atomic mass is 9.75. The van der Waals surface area contributed by atoms with Gasteiger partial charge >= 0.3 is 0 Å². The number of halogens is 1. The second-order valence-corrected chi connectivity index (χ2v) is 11.7. The zero-order valence-corrected chi connectivity index (χ0v) is 23.5. The maximum Gasteiger partial charge on any atom is 0.234 e. The summed E-state index contributed by atoms with van der Waals surface area (Å²) in [7, 11) is 0. The number of nitrogens with one attached hydrogen (secondary N) is 1. The number of ketones is 1. The van der Waals surface area contributed by atoms with Gasteiger partial charge in [-0.3, -0.25) is 14.5 Å².